The lowest BCUT2D eigenvalue weighted by atomic mass is 10.1. The van der Waals surface area contributed by atoms with E-state index in [-0.39, 0.29) is 25.8 Å². The van der Waals surface area contributed by atoms with Gasteiger partial charge in [-0.2, -0.15) is 17.5 Å². The van der Waals surface area contributed by atoms with Crippen molar-refractivity contribution in [2.24, 2.45) is 0 Å². The molecule has 1 fully saturated rings. The summed E-state index contributed by atoms with van der Waals surface area (Å²) in [4.78, 5) is 8.99. The molecular weight excluding hydrogens is 445 g/mol. The highest BCUT2D eigenvalue weighted by Gasteiger charge is 2.51. The Morgan fingerprint density at radius 2 is 2.00 bits per heavy atom. The smallest absolute Gasteiger partial charge is 0.376 e. The van der Waals surface area contributed by atoms with E-state index in [1.54, 1.807) is 12.3 Å². The maximum Gasteiger partial charge on any atom is 0.511 e. The zero-order valence-corrected chi connectivity index (χ0v) is 18.6. The van der Waals surface area contributed by atoms with Gasteiger partial charge in [0, 0.05) is 25.0 Å². The quantitative estimate of drug-likeness (QED) is 0.694. The molecule has 11 heteroatoms. The maximum absolute atomic E-state index is 13.5. The van der Waals surface area contributed by atoms with Crippen LogP contribution in [-0.4, -0.2) is 53.5 Å². The minimum atomic E-state index is -5.50. The number of sulfonamides is 1. The zero-order chi connectivity index (χ0) is 22.9. The van der Waals surface area contributed by atoms with Gasteiger partial charge in [0.05, 0.1) is 37.3 Å². The van der Waals surface area contributed by atoms with Gasteiger partial charge in [-0.3, -0.25) is 0 Å². The first-order valence-corrected chi connectivity index (χ1v) is 12.1. The Kier molecular flexibility index (Phi) is 6.51. The Morgan fingerprint density at radius 1 is 1.25 bits per heavy atom. The molecule has 4 rings (SSSR count). The van der Waals surface area contributed by atoms with E-state index < -0.39 is 21.6 Å². The molecule has 0 radical (unpaired) electrons. The van der Waals surface area contributed by atoms with Crippen LogP contribution in [0, 0.1) is 6.92 Å². The number of nitrogens with one attached hydrogen (secondary N) is 1. The first-order valence-electron chi connectivity index (χ1n) is 10.7. The van der Waals surface area contributed by atoms with Crippen LogP contribution in [0.4, 0.5) is 18.9 Å². The third-order valence-corrected chi connectivity index (χ3v) is 7.64. The fourth-order valence-electron chi connectivity index (χ4n) is 4.45. The first kappa shape index (κ1) is 23.1. The van der Waals surface area contributed by atoms with Gasteiger partial charge in [-0.15, -0.1) is 0 Å². The second-order valence-corrected chi connectivity index (χ2v) is 10.4. The topological polar surface area (TPSA) is 78.5 Å². The molecule has 32 heavy (non-hydrogen) atoms. The first-order chi connectivity index (χ1) is 15.1. The van der Waals surface area contributed by atoms with Crippen molar-refractivity contribution >= 4 is 15.7 Å². The van der Waals surface area contributed by atoms with Crippen LogP contribution in [-0.2, 0) is 27.8 Å². The van der Waals surface area contributed by atoms with E-state index in [0.29, 0.717) is 22.1 Å². The van der Waals surface area contributed by atoms with Crippen molar-refractivity contribution in [2.75, 3.05) is 18.1 Å². The van der Waals surface area contributed by atoms with Crippen LogP contribution in [0.5, 0.6) is 0 Å². The predicted molar refractivity (Wildman–Crippen MR) is 113 cm³/mol. The number of nitrogens with zero attached hydrogens (tertiary/aromatic N) is 3. The van der Waals surface area contributed by atoms with Crippen LogP contribution >= 0.6 is 0 Å². The normalized spacial score (nSPS) is 21.0. The molecule has 1 aromatic carbocycles. The summed E-state index contributed by atoms with van der Waals surface area (Å²) in [6.07, 6.45) is 7.18. The number of imidazole rings is 1. The van der Waals surface area contributed by atoms with Crippen molar-refractivity contribution in [1.82, 2.24) is 14.3 Å². The van der Waals surface area contributed by atoms with Gasteiger partial charge >= 0.3 is 15.5 Å². The highest BCUT2D eigenvalue weighted by Crippen LogP contribution is 2.35. The van der Waals surface area contributed by atoms with Gasteiger partial charge in [0.15, 0.2) is 0 Å². The number of aromatic nitrogens is 2. The fraction of sp³-hybridized carbons (Fsp3) is 0.571. The molecule has 1 unspecified atom stereocenters. The zero-order valence-electron chi connectivity index (χ0n) is 17.8. The van der Waals surface area contributed by atoms with Crippen molar-refractivity contribution in [3.63, 3.8) is 0 Å². The lowest BCUT2D eigenvalue weighted by Gasteiger charge is -2.34. The number of ether oxygens (including phenoxy) is 1. The molecule has 2 aliphatic rings. The summed E-state index contributed by atoms with van der Waals surface area (Å²) in [6.45, 7) is 1.63. The number of aromatic amines is 1. The Morgan fingerprint density at radius 3 is 2.66 bits per heavy atom. The summed E-state index contributed by atoms with van der Waals surface area (Å²) in [6, 6.07) is 4.86. The molecule has 0 spiro atoms. The van der Waals surface area contributed by atoms with Gasteiger partial charge < -0.3 is 14.6 Å². The summed E-state index contributed by atoms with van der Waals surface area (Å²) < 4.78 is 71.9. The Balaban J connectivity index is 1.73. The Labute approximate surface area is 185 Å². The van der Waals surface area contributed by atoms with E-state index in [4.69, 9.17) is 4.74 Å². The molecule has 1 saturated carbocycles. The predicted octanol–water partition coefficient (Wildman–Crippen LogP) is 3.72. The van der Waals surface area contributed by atoms with Crippen LogP contribution in [0.3, 0.4) is 0 Å². The molecule has 0 saturated heterocycles. The molecule has 1 aliphatic heterocycles. The standard InChI is InChI=1S/C21H27F3N4O3S/c1-15-6-7-20-16(8-15)10-27(32(29,30)21(22,23)24)12-18(13-31-19-4-2-3-5-19)28(20)11-17-9-25-14-26-17/h6-9,14,18-19H,2-5,10-13H2,1H3,(H,25,26). The van der Waals surface area contributed by atoms with Crippen molar-refractivity contribution in [2.45, 2.75) is 63.4 Å². The number of hydrogen-bond acceptors (Lipinski definition) is 5. The van der Waals surface area contributed by atoms with Crippen molar-refractivity contribution < 1.29 is 26.3 Å². The van der Waals surface area contributed by atoms with Gasteiger partial charge in [-0.25, -0.2) is 13.4 Å². The molecule has 1 aromatic heterocycles. The molecule has 2 heterocycles. The number of H-pyrrole nitrogens is 1. The van der Waals surface area contributed by atoms with Gasteiger partial charge in [-0.1, -0.05) is 30.5 Å². The highest BCUT2D eigenvalue weighted by atomic mass is 32.2. The van der Waals surface area contributed by atoms with Crippen LogP contribution in [0.15, 0.2) is 30.7 Å². The van der Waals surface area contributed by atoms with Crippen molar-refractivity contribution in [3.8, 4) is 0 Å². The minimum Gasteiger partial charge on any atom is -0.376 e. The second kappa shape index (κ2) is 9.03. The number of anilines is 1. The number of rotatable bonds is 6. The van der Waals surface area contributed by atoms with Crippen LogP contribution < -0.4 is 4.90 Å². The van der Waals surface area contributed by atoms with Gasteiger partial charge in [0.2, 0.25) is 0 Å². The summed E-state index contributed by atoms with van der Waals surface area (Å²) >= 11 is 0. The number of alkyl halides is 3. The summed E-state index contributed by atoms with van der Waals surface area (Å²) in [5.41, 5.74) is -2.53. The monoisotopic (exact) mass is 472 g/mol. The average molecular weight is 473 g/mol. The minimum absolute atomic E-state index is 0.0532. The summed E-state index contributed by atoms with van der Waals surface area (Å²) in [5, 5.41) is 0. The number of benzene rings is 1. The third-order valence-electron chi connectivity index (χ3n) is 6.10. The molecule has 1 aliphatic carbocycles. The molecule has 0 amide bonds. The lowest BCUT2D eigenvalue weighted by Crippen LogP contribution is -2.49. The SMILES string of the molecule is Cc1ccc2c(c1)CN(S(=O)(=O)C(F)(F)F)CC(COC1CCCC1)N2Cc1cnc[nH]1. The van der Waals surface area contributed by atoms with Crippen LogP contribution in [0.1, 0.15) is 42.5 Å². The van der Waals surface area contributed by atoms with Crippen LogP contribution in [0.2, 0.25) is 0 Å². The number of hydrogen-bond donors (Lipinski definition) is 1. The number of halogens is 3. The molecule has 2 aromatic rings. The Bertz CT molecular complexity index is 1020. The maximum atomic E-state index is 13.5. The van der Waals surface area contributed by atoms with Gasteiger partial charge in [0.1, 0.15) is 0 Å². The molecule has 7 nitrogen and oxygen atoms in total. The van der Waals surface area contributed by atoms with Crippen LogP contribution in [0.25, 0.3) is 0 Å². The highest BCUT2D eigenvalue weighted by molar-refractivity contribution is 7.89. The molecule has 176 valence electrons. The number of fused-ring (bicyclic) bond motifs is 1. The van der Waals surface area contributed by atoms with E-state index in [2.05, 4.69) is 9.97 Å². The molecular formula is C21H27F3N4O3S. The largest absolute Gasteiger partial charge is 0.511 e. The Hall–Kier alpha value is -2.11. The van der Waals surface area contributed by atoms with Crippen molar-refractivity contribution in [1.29, 1.82) is 0 Å². The van der Waals surface area contributed by atoms with E-state index in [0.717, 1.165) is 36.9 Å². The summed E-state index contributed by atoms with van der Waals surface area (Å²) in [5.74, 6) is 0. The van der Waals surface area contributed by atoms with E-state index in [1.807, 2.05) is 24.0 Å². The number of aryl methyl sites for hydroxylation is 1. The van der Waals surface area contributed by atoms with E-state index in [1.165, 1.54) is 6.33 Å². The lowest BCUT2D eigenvalue weighted by molar-refractivity contribution is -0.0495. The molecule has 1 atom stereocenters. The van der Waals surface area contributed by atoms with E-state index >= 15 is 0 Å². The molecule has 1 N–H and O–H groups in total. The van der Waals surface area contributed by atoms with Crippen molar-refractivity contribution in [3.05, 3.63) is 47.5 Å². The van der Waals surface area contributed by atoms with E-state index in [9.17, 15) is 21.6 Å². The molecule has 0 bridgehead atoms. The van der Waals surface area contributed by atoms with Gasteiger partial charge in [0.25, 0.3) is 0 Å². The van der Waals surface area contributed by atoms with Gasteiger partial charge in [-0.05, 0) is 31.4 Å². The average Bonchev–Trinajstić information content (AvgIpc) is 3.40. The second-order valence-electron chi connectivity index (χ2n) is 8.47. The fourth-order valence-corrected chi connectivity index (χ4v) is 5.42. The third kappa shape index (κ3) is 4.79. The summed E-state index contributed by atoms with van der Waals surface area (Å²) in [7, 11) is -5.50.